The van der Waals surface area contributed by atoms with Crippen molar-refractivity contribution < 1.29 is 9.53 Å². The molecule has 0 radical (unpaired) electrons. The number of carbonyl (C=O) groups excluding carboxylic acids is 1. The van der Waals surface area contributed by atoms with E-state index in [-0.39, 0.29) is 5.91 Å². The van der Waals surface area contributed by atoms with E-state index in [1.165, 1.54) is 0 Å². The average molecular weight is 283 g/mol. The van der Waals surface area contributed by atoms with E-state index in [1.807, 2.05) is 42.6 Å². The molecule has 3 rings (SSSR count). The standard InChI is InChI=1S/C16H17N3O2/c1-17-16(20)15-11-19(10-12-5-4-8-18-9-12)13-6-2-3-7-14(13)21-15/h2-9,15H,10-11H2,1H3,(H,17,20)/t15-/m0/s1. The maximum atomic E-state index is 11.9. The van der Waals surface area contributed by atoms with Crippen LogP contribution in [-0.2, 0) is 11.3 Å². The van der Waals surface area contributed by atoms with Crippen LogP contribution < -0.4 is 15.0 Å². The van der Waals surface area contributed by atoms with E-state index >= 15 is 0 Å². The first-order chi connectivity index (χ1) is 10.3. The summed E-state index contributed by atoms with van der Waals surface area (Å²) in [6.07, 6.45) is 3.10. The number of hydrogen-bond donors (Lipinski definition) is 1. The number of carbonyl (C=O) groups is 1. The van der Waals surface area contributed by atoms with Gasteiger partial charge in [0.25, 0.3) is 5.91 Å². The van der Waals surface area contributed by atoms with E-state index in [0.29, 0.717) is 13.1 Å². The van der Waals surface area contributed by atoms with Crippen LogP contribution >= 0.6 is 0 Å². The van der Waals surface area contributed by atoms with Crippen LogP contribution in [0.25, 0.3) is 0 Å². The molecule has 5 nitrogen and oxygen atoms in total. The number of pyridine rings is 1. The molecule has 1 aromatic carbocycles. The number of nitrogens with zero attached hydrogens (tertiary/aromatic N) is 2. The second-order valence-corrected chi connectivity index (χ2v) is 4.93. The smallest absolute Gasteiger partial charge is 0.262 e. The lowest BCUT2D eigenvalue weighted by atomic mass is 10.1. The average Bonchev–Trinajstić information content (AvgIpc) is 2.55. The van der Waals surface area contributed by atoms with Crippen LogP contribution in [0.3, 0.4) is 0 Å². The molecule has 1 amide bonds. The number of nitrogens with one attached hydrogen (secondary N) is 1. The molecule has 0 saturated carbocycles. The molecular formula is C16H17N3O2. The predicted octanol–water partition coefficient (Wildman–Crippen LogP) is 1.60. The molecule has 1 aliphatic heterocycles. The maximum Gasteiger partial charge on any atom is 0.262 e. The lowest BCUT2D eigenvalue weighted by Gasteiger charge is -2.35. The van der Waals surface area contributed by atoms with Gasteiger partial charge in [0.1, 0.15) is 5.75 Å². The number of hydrogen-bond acceptors (Lipinski definition) is 4. The summed E-state index contributed by atoms with van der Waals surface area (Å²) in [5.74, 6) is 0.627. The van der Waals surface area contributed by atoms with Crippen molar-refractivity contribution in [3.8, 4) is 5.75 Å². The van der Waals surface area contributed by atoms with Crippen LogP contribution in [0.15, 0.2) is 48.8 Å². The molecule has 5 heteroatoms. The van der Waals surface area contributed by atoms with E-state index in [9.17, 15) is 4.79 Å². The largest absolute Gasteiger partial charge is 0.477 e. The Labute approximate surface area is 123 Å². The van der Waals surface area contributed by atoms with Crippen LogP contribution in [0.4, 0.5) is 5.69 Å². The second-order valence-electron chi connectivity index (χ2n) is 4.93. The van der Waals surface area contributed by atoms with Gasteiger partial charge in [-0.2, -0.15) is 0 Å². The first-order valence-electron chi connectivity index (χ1n) is 6.89. The van der Waals surface area contributed by atoms with Crippen molar-refractivity contribution in [2.45, 2.75) is 12.6 Å². The zero-order valence-electron chi connectivity index (χ0n) is 11.8. The third kappa shape index (κ3) is 2.81. The minimum atomic E-state index is -0.499. The summed E-state index contributed by atoms with van der Waals surface area (Å²) >= 11 is 0. The molecular weight excluding hydrogens is 266 g/mol. The van der Waals surface area contributed by atoms with E-state index < -0.39 is 6.10 Å². The van der Waals surface area contributed by atoms with Gasteiger partial charge in [0.15, 0.2) is 6.10 Å². The van der Waals surface area contributed by atoms with Crippen molar-refractivity contribution in [2.24, 2.45) is 0 Å². The lowest BCUT2D eigenvalue weighted by molar-refractivity contribution is -0.127. The van der Waals surface area contributed by atoms with Crippen LogP contribution in [0.2, 0.25) is 0 Å². The van der Waals surface area contributed by atoms with Gasteiger partial charge in [0.2, 0.25) is 0 Å². The minimum absolute atomic E-state index is 0.110. The van der Waals surface area contributed by atoms with Gasteiger partial charge in [-0.05, 0) is 23.8 Å². The minimum Gasteiger partial charge on any atom is -0.477 e. The van der Waals surface area contributed by atoms with E-state index in [0.717, 1.165) is 17.0 Å². The van der Waals surface area contributed by atoms with Crippen LogP contribution in [0.5, 0.6) is 5.75 Å². The normalized spacial score (nSPS) is 16.8. The molecule has 1 atom stereocenters. The number of amides is 1. The number of aromatic nitrogens is 1. The molecule has 0 bridgehead atoms. The van der Waals surface area contributed by atoms with Gasteiger partial charge in [-0.3, -0.25) is 9.78 Å². The number of anilines is 1. The number of ether oxygens (including phenoxy) is 1. The highest BCUT2D eigenvalue weighted by atomic mass is 16.5. The quantitative estimate of drug-likeness (QED) is 0.929. The van der Waals surface area contributed by atoms with Crippen LogP contribution in [0.1, 0.15) is 5.56 Å². The fourth-order valence-electron chi connectivity index (χ4n) is 2.47. The fraction of sp³-hybridized carbons (Fsp3) is 0.250. The Morgan fingerprint density at radius 3 is 3.00 bits per heavy atom. The summed E-state index contributed by atoms with van der Waals surface area (Å²) in [5, 5.41) is 2.65. The van der Waals surface area contributed by atoms with E-state index in [4.69, 9.17) is 4.74 Å². The molecule has 0 unspecified atom stereocenters. The number of benzene rings is 1. The number of likely N-dealkylation sites (N-methyl/N-ethyl adjacent to an activating group) is 1. The summed E-state index contributed by atoms with van der Waals surface area (Å²) < 4.78 is 5.78. The van der Waals surface area contributed by atoms with Gasteiger partial charge in [-0.1, -0.05) is 18.2 Å². The van der Waals surface area contributed by atoms with Crippen molar-refractivity contribution >= 4 is 11.6 Å². The molecule has 1 aromatic heterocycles. The summed E-state index contributed by atoms with van der Waals surface area (Å²) in [7, 11) is 1.62. The maximum absolute atomic E-state index is 11.9. The van der Waals surface area contributed by atoms with Gasteiger partial charge < -0.3 is 15.0 Å². The van der Waals surface area contributed by atoms with Crippen molar-refractivity contribution in [3.63, 3.8) is 0 Å². The highest BCUT2D eigenvalue weighted by Crippen LogP contribution is 2.33. The summed E-state index contributed by atoms with van der Waals surface area (Å²) in [4.78, 5) is 18.2. The summed E-state index contributed by atoms with van der Waals surface area (Å²) in [6.45, 7) is 1.22. The van der Waals surface area contributed by atoms with Crippen molar-refractivity contribution in [1.82, 2.24) is 10.3 Å². The Balaban J connectivity index is 1.89. The van der Waals surface area contributed by atoms with Crippen molar-refractivity contribution in [3.05, 3.63) is 54.4 Å². The molecule has 21 heavy (non-hydrogen) atoms. The first-order valence-corrected chi connectivity index (χ1v) is 6.89. The second kappa shape index (κ2) is 5.83. The Morgan fingerprint density at radius 1 is 1.38 bits per heavy atom. The zero-order valence-corrected chi connectivity index (χ0v) is 11.8. The predicted molar refractivity (Wildman–Crippen MR) is 80.2 cm³/mol. The van der Waals surface area contributed by atoms with E-state index in [1.54, 1.807) is 13.2 Å². The molecule has 0 saturated heterocycles. The molecule has 1 aliphatic rings. The Hall–Kier alpha value is -2.56. The highest BCUT2D eigenvalue weighted by Gasteiger charge is 2.29. The highest BCUT2D eigenvalue weighted by molar-refractivity contribution is 5.83. The van der Waals surface area contributed by atoms with Gasteiger partial charge in [-0.25, -0.2) is 0 Å². The van der Waals surface area contributed by atoms with Crippen LogP contribution in [0, 0.1) is 0 Å². The first kappa shape index (κ1) is 13.4. The van der Waals surface area contributed by atoms with Gasteiger partial charge in [0.05, 0.1) is 12.2 Å². The molecule has 2 heterocycles. The molecule has 1 N–H and O–H groups in total. The van der Waals surface area contributed by atoms with Crippen LogP contribution in [-0.4, -0.2) is 30.6 Å². The third-order valence-electron chi connectivity index (χ3n) is 3.50. The molecule has 108 valence electrons. The van der Waals surface area contributed by atoms with Gasteiger partial charge in [-0.15, -0.1) is 0 Å². The SMILES string of the molecule is CNC(=O)[C@@H]1CN(Cc2cccnc2)c2ccccc2O1. The molecule has 0 spiro atoms. The molecule has 0 fully saturated rings. The Bertz CT molecular complexity index is 630. The zero-order chi connectivity index (χ0) is 14.7. The van der Waals surface area contributed by atoms with Gasteiger partial charge >= 0.3 is 0 Å². The Morgan fingerprint density at radius 2 is 2.24 bits per heavy atom. The number of fused-ring (bicyclic) bond motifs is 1. The van der Waals surface area contributed by atoms with Crippen molar-refractivity contribution in [2.75, 3.05) is 18.5 Å². The lowest BCUT2D eigenvalue weighted by Crippen LogP contribution is -2.47. The Kier molecular flexibility index (Phi) is 3.73. The third-order valence-corrected chi connectivity index (χ3v) is 3.50. The number of rotatable bonds is 3. The summed E-state index contributed by atoms with van der Waals surface area (Å²) in [5.41, 5.74) is 2.10. The van der Waals surface area contributed by atoms with E-state index in [2.05, 4.69) is 15.2 Å². The summed E-state index contributed by atoms with van der Waals surface area (Å²) in [6, 6.07) is 11.7. The number of para-hydroxylation sites is 2. The monoisotopic (exact) mass is 283 g/mol. The molecule has 2 aromatic rings. The van der Waals surface area contributed by atoms with Gasteiger partial charge in [0, 0.05) is 26.0 Å². The fourth-order valence-corrected chi connectivity index (χ4v) is 2.47. The topological polar surface area (TPSA) is 54.5 Å². The van der Waals surface area contributed by atoms with Crippen molar-refractivity contribution in [1.29, 1.82) is 0 Å². The molecule has 0 aliphatic carbocycles.